The summed E-state index contributed by atoms with van der Waals surface area (Å²) in [5, 5.41) is 6.63. The normalized spacial score (nSPS) is 17.7. The van der Waals surface area contributed by atoms with Crippen molar-refractivity contribution in [3.63, 3.8) is 0 Å². The molecular weight excluding hydrogens is 300 g/mol. The zero-order valence-electron chi connectivity index (χ0n) is 14.3. The summed E-state index contributed by atoms with van der Waals surface area (Å²) < 4.78 is 0. The number of guanidine groups is 1. The van der Waals surface area contributed by atoms with Crippen LogP contribution in [-0.4, -0.2) is 37.5 Å². The van der Waals surface area contributed by atoms with E-state index in [-0.39, 0.29) is 12.5 Å². The Morgan fingerprint density at radius 2 is 2.08 bits per heavy atom. The molecule has 1 heterocycles. The molecule has 0 aromatic heterocycles. The van der Waals surface area contributed by atoms with Crippen molar-refractivity contribution >= 4 is 17.6 Å². The molecule has 1 aromatic carbocycles. The molecule has 5 nitrogen and oxygen atoms in total. The van der Waals surface area contributed by atoms with Crippen LogP contribution in [0.1, 0.15) is 31.7 Å². The molecule has 24 heavy (non-hydrogen) atoms. The average molecular weight is 326 g/mol. The van der Waals surface area contributed by atoms with E-state index < -0.39 is 0 Å². The third kappa shape index (κ3) is 3.96. The average Bonchev–Trinajstić information content (AvgIpc) is 3.12. The summed E-state index contributed by atoms with van der Waals surface area (Å²) in [4.78, 5) is 19.0. The van der Waals surface area contributed by atoms with Crippen LogP contribution in [0.25, 0.3) is 0 Å². The largest absolute Gasteiger partial charge is 0.357 e. The van der Waals surface area contributed by atoms with Crippen molar-refractivity contribution in [1.29, 1.82) is 0 Å². The third-order valence-electron chi connectivity index (χ3n) is 4.48. The van der Waals surface area contributed by atoms with E-state index in [2.05, 4.69) is 33.8 Å². The number of carbonyl (C=O) groups is 1. The molecule has 0 unspecified atom stereocenters. The monoisotopic (exact) mass is 326 g/mol. The fourth-order valence-corrected chi connectivity index (χ4v) is 3.27. The molecule has 1 aliphatic carbocycles. The maximum atomic E-state index is 12.7. The first kappa shape index (κ1) is 16.6. The topological polar surface area (TPSA) is 56.7 Å². The van der Waals surface area contributed by atoms with Gasteiger partial charge < -0.3 is 15.5 Å². The van der Waals surface area contributed by atoms with Crippen molar-refractivity contribution < 1.29 is 4.79 Å². The molecule has 0 bridgehead atoms. The highest BCUT2D eigenvalue weighted by Gasteiger charge is 2.22. The molecule has 1 amide bonds. The number of nitrogens with one attached hydrogen (secondary N) is 2. The van der Waals surface area contributed by atoms with Gasteiger partial charge in [0, 0.05) is 24.8 Å². The lowest BCUT2D eigenvalue weighted by atomic mass is 10.0. The Morgan fingerprint density at radius 1 is 1.29 bits per heavy atom. The van der Waals surface area contributed by atoms with Crippen molar-refractivity contribution in [2.45, 2.75) is 38.6 Å². The van der Waals surface area contributed by atoms with Crippen molar-refractivity contribution in [3.05, 3.63) is 42.0 Å². The highest BCUT2D eigenvalue weighted by molar-refractivity contribution is 5.97. The van der Waals surface area contributed by atoms with E-state index in [4.69, 9.17) is 0 Å². The van der Waals surface area contributed by atoms with Gasteiger partial charge in [-0.1, -0.05) is 30.4 Å². The van der Waals surface area contributed by atoms with Crippen molar-refractivity contribution in [1.82, 2.24) is 10.6 Å². The Bertz CT molecular complexity index is 630. The van der Waals surface area contributed by atoms with Gasteiger partial charge in [-0.05, 0) is 44.2 Å². The fraction of sp³-hybridized carbons (Fsp3) is 0.474. The van der Waals surface area contributed by atoms with Crippen LogP contribution in [0.5, 0.6) is 0 Å². The predicted octanol–water partition coefficient (Wildman–Crippen LogP) is 2.24. The van der Waals surface area contributed by atoms with Crippen molar-refractivity contribution in [3.8, 4) is 0 Å². The maximum absolute atomic E-state index is 12.7. The van der Waals surface area contributed by atoms with Gasteiger partial charge in [0.05, 0.1) is 0 Å². The van der Waals surface area contributed by atoms with Gasteiger partial charge in [-0.2, -0.15) is 0 Å². The number of aliphatic imine (C=N–C) groups is 1. The van der Waals surface area contributed by atoms with Gasteiger partial charge >= 0.3 is 0 Å². The minimum Gasteiger partial charge on any atom is -0.357 e. The second kappa shape index (κ2) is 7.99. The summed E-state index contributed by atoms with van der Waals surface area (Å²) >= 11 is 0. The van der Waals surface area contributed by atoms with Crippen LogP contribution in [-0.2, 0) is 11.2 Å². The van der Waals surface area contributed by atoms with Crippen LogP contribution in [0, 0.1) is 0 Å². The zero-order chi connectivity index (χ0) is 16.8. The molecule has 3 rings (SSSR count). The van der Waals surface area contributed by atoms with Gasteiger partial charge in [0.15, 0.2) is 5.96 Å². The van der Waals surface area contributed by atoms with Gasteiger partial charge in [-0.15, -0.1) is 0 Å². The van der Waals surface area contributed by atoms with Gasteiger partial charge in [0.2, 0.25) is 5.91 Å². The van der Waals surface area contributed by atoms with Gasteiger partial charge in [-0.3, -0.25) is 4.79 Å². The van der Waals surface area contributed by atoms with E-state index in [1.165, 1.54) is 5.56 Å². The number of hydrogen-bond acceptors (Lipinski definition) is 2. The molecule has 0 saturated carbocycles. The number of anilines is 1. The van der Waals surface area contributed by atoms with Crippen molar-refractivity contribution in [2.24, 2.45) is 4.99 Å². The number of hydrogen-bond donors (Lipinski definition) is 2. The first-order valence-corrected chi connectivity index (χ1v) is 8.86. The summed E-state index contributed by atoms with van der Waals surface area (Å²) in [7, 11) is 0. The molecule has 1 aliphatic heterocycles. The fourth-order valence-electron chi connectivity index (χ4n) is 3.27. The highest BCUT2D eigenvalue weighted by Crippen LogP contribution is 2.26. The standard InChI is InChI=1S/C19H26N4O/c1-2-20-19(22-16-10-4-5-11-16)21-14-18(24)23-13-7-9-15-8-3-6-12-17(15)23/h3-6,8,12,16H,2,7,9-11,13-14H2,1H3,(H2,20,21,22). The highest BCUT2D eigenvalue weighted by atomic mass is 16.2. The molecule has 128 valence electrons. The number of carbonyl (C=O) groups excluding carboxylic acids is 1. The summed E-state index contributed by atoms with van der Waals surface area (Å²) in [6.07, 6.45) is 8.43. The Labute approximate surface area is 143 Å². The molecule has 2 aliphatic rings. The van der Waals surface area contributed by atoms with Crippen LogP contribution in [0.15, 0.2) is 41.4 Å². The van der Waals surface area contributed by atoms with E-state index in [0.717, 1.165) is 50.4 Å². The van der Waals surface area contributed by atoms with Crippen molar-refractivity contribution in [2.75, 3.05) is 24.5 Å². The summed E-state index contributed by atoms with van der Waals surface area (Å²) in [6.45, 7) is 3.77. The van der Waals surface area contributed by atoms with Crippen LogP contribution >= 0.6 is 0 Å². The maximum Gasteiger partial charge on any atom is 0.248 e. The van der Waals surface area contributed by atoms with E-state index in [1.54, 1.807) is 0 Å². The van der Waals surface area contributed by atoms with Crippen LogP contribution in [0.2, 0.25) is 0 Å². The molecule has 0 atom stereocenters. The quantitative estimate of drug-likeness (QED) is 0.507. The number of aryl methyl sites for hydroxylation is 1. The second-order valence-corrected chi connectivity index (χ2v) is 6.26. The Hall–Kier alpha value is -2.30. The zero-order valence-corrected chi connectivity index (χ0v) is 14.3. The number of fused-ring (bicyclic) bond motifs is 1. The number of nitrogens with zero attached hydrogens (tertiary/aromatic N) is 2. The van der Waals surface area contributed by atoms with Crippen LogP contribution in [0.3, 0.4) is 0 Å². The Kier molecular flexibility index (Phi) is 5.51. The molecule has 0 fully saturated rings. The summed E-state index contributed by atoms with van der Waals surface area (Å²) in [5.41, 5.74) is 2.30. The molecule has 0 saturated heterocycles. The van der Waals surface area contributed by atoms with Gasteiger partial charge in [-0.25, -0.2) is 4.99 Å². The minimum absolute atomic E-state index is 0.0592. The molecule has 5 heteroatoms. The van der Waals surface area contributed by atoms with Gasteiger partial charge in [0.25, 0.3) is 0 Å². The SMILES string of the molecule is CCNC(=NCC(=O)N1CCCc2ccccc21)NC1CC=CC1. The van der Waals surface area contributed by atoms with Crippen LogP contribution in [0.4, 0.5) is 5.69 Å². The van der Waals surface area contributed by atoms with E-state index in [1.807, 2.05) is 30.0 Å². The van der Waals surface area contributed by atoms with Gasteiger partial charge in [0.1, 0.15) is 6.54 Å². The van der Waals surface area contributed by atoms with E-state index in [0.29, 0.717) is 6.04 Å². The summed E-state index contributed by atoms with van der Waals surface area (Å²) in [6, 6.07) is 8.55. The molecular formula is C19H26N4O. The number of para-hydroxylation sites is 1. The Morgan fingerprint density at radius 3 is 2.88 bits per heavy atom. The lowest BCUT2D eigenvalue weighted by Crippen LogP contribution is -2.43. The number of benzene rings is 1. The van der Waals surface area contributed by atoms with E-state index >= 15 is 0 Å². The summed E-state index contributed by atoms with van der Waals surface area (Å²) in [5.74, 6) is 0.786. The predicted molar refractivity (Wildman–Crippen MR) is 98.4 cm³/mol. The second-order valence-electron chi connectivity index (χ2n) is 6.26. The first-order chi connectivity index (χ1) is 11.8. The lowest BCUT2D eigenvalue weighted by molar-refractivity contribution is -0.117. The van der Waals surface area contributed by atoms with E-state index in [9.17, 15) is 4.79 Å². The minimum atomic E-state index is 0.0592. The number of rotatable bonds is 4. The molecule has 2 N–H and O–H groups in total. The molecule has 0 radical (unpaired) electrons. The Balaban J connectivity index is 1.64. The first-order valence-electron chi connectivity index (χ1n) is 8.86. The molecule has 0 spiro atoms. The third-order valence-corrected chi connectivity index (χ3v) is 4.48. The smallest absolute Gasteiger partial charge is 0.248 e. The van der Waals surface area contributed by atoms with Crippen LogP contribution < -0.4 is 15.5 Å². The number of amides is 1. The molecule has 1 aromatic rings. The lowest BCUT2D eigenvalue weighted by Gasteiger charge is -2.29.